The van der Waals surface area contributed by atoms with Crippen LogP contribution in [0.2, 0.25) is 0 Å². The molecule has 26 heavy (non-hydrogen) atoms. The van der Waals surface area contributed by atoms with Gasteiger partial charge in [0.1, 0.15) is 10.7 Å². The van der Waals surface area contributed by atoms with Crippen molar-refractivity contribution in [2.45, 2.75) is 38.3 Å². The highest BCUT2D eigenvalue weighted by molar-refractivity contribution is 7.89. The van der Waals surface area contributed by atoms with Gasteiger partial charge in [0.05, 0.1) is 17.0 Å². The smallest absolute Gasteiger partial charge is 0.211 e. The molecule has 9 heteroatoms. The number of pyridine rings is 1. The Hall–Kier alpha value is -1.97. The molecule has 0 atom stereocenters. The van der Waals surface area contributed by atoms with Crippen LogP contribution in [0.15, 0.2) is 30.0 Å². The van der Waals surface area contributed by atoms with Crippen LogP contribution in [0.5, 0.6) is 0 Å². The van der Waals surface area contributed by atoms with E-state index in [2.05, 4.69) is 25.0 Å². The lowest BCUT2D eigenvalue weighted by Crippen LogP contribution is -2.50. The number of H-pyrrole nitrogens is 1. The van der Waals surface area contributed by atoms with Crippen molar-refractivity contribution in [1.29, 1.82) is 0 Å². The predicted octanol–water partition coefficient (Wildman–Crippen LogP) is 2.96. The van der Waals surface area contributed by atoms with Gasteiger partial charge in [-0.1, -0.05) is 6.92 Å². The van der Waals surface area contributed by atoms with Crippen molar-refractivity contribution in [3.05, 3.63) is 30.0 Å². The summed E-state index contributed by atoms with van der Waals surface area (Å²) in [6, 6.07) is 2.24. The Morgan fingerprint density at radius 3 is 2.88 bits per heavy atom. The quantitative estimate of drug-likeness (QED) is 0.575. The van der Waals surface area contributed by atoms with Gasteiger partial charge in [-0.25, -0.2) is 23.1 Å². The Kier molecular flexibility index (Phi) is 4.68. The van der Waals surface area contributed by atoms with Gasteiger partial charge in [-0.15, -0.1) is 11.3 Å². The molecule has 3 aromatic heterocycles. The molecule has 0 spiro atoms. The van der Waals surface area contributed by atoms with E-state index >= 15 is 0 Å². The van der Waals surface area contributed by atoms with Gasteiger partial charge in [-0.3, -0.25) is 0 Å². The molecule has 3 aromatic rings. The van der Waals surface area contributed by atoms with Crippen molar-refractivity contribution in [2.24, 2.45) is 0 Å². The summed E-state index contributed by atoms with van der Waals surface area (Å²) in [5.41, 5.74) is 2.81. The highest BCUT2D eigenvalue weighted by atomic mass is 32.2. The summed E-state index contributed by atoms with van der Waals surface area (Å²) in [6.07, 6.45) is 7.66. The van der Waals surface area contributed by atoms with Gasteiger partial charge in [0, 0.05) is 41.4 Å². The van der Waals surface area contributed by atoms with E-state index in [4.69, 9.17) is 0 Å². The van der Waals surface area contributed by atoms with E-state index in [1.165, 1.54) is 0 Å². The summed E-state index contributed by atoms with van der Waals surface area (Å²) in [4.78, 5) is 12.0. The Labute approximate surface area is 156 Å². The number of hydrogen-bond donors (Lipinski definition) is 3. The van der Waals surface area contributed by atoms with Crippen LogP contribution in [0.25, 0.3) is 21.6 Å². The van der Waals surface area contributed by atoms with Crippen LogP contribution in [0.3, 0.4) is 0 Å². The zero-order valence-electron chi connectivity index (χ0n) is 14.4. The second kappa shape index (κ2) is 6.98. The van der Waals surface area contributed by atoms with Crippen molar-refractivity contribution in [3.8, 4) is 10.6 Å². The average Bonchev–Trinajstić information content (AvgIpc) is 3.24. The molecule has 4 rings (SSSR count). The summed E-state index contributed by atoms with van der Waals surface area (Å²) in [6.45, 7) is 1.87. The molecule has 0 aromatic carbocycles. The topological polar surface area (TPSA) is 99.8 Å². The Morgan fingerprint density at radius 1 is 1.31 bits per heavy atom. The fourth-order valence-electron chi connectivity index (χ4n) is 3.30. The Bertz CT molecular complexity index is 992. The summed E-state index contributed by atoms with van der Waals surface area (Å²) in [5.74, 6) is 0.185. The van der Waals surface area contributed by atoms with Crippen LogP contribution in [-0.4, -0.2) is 41.2 Å². The molecule has 138 valence electrons. The fraction of sp³-hybridized carbons (Fsp3) is 0.412. The molecular formula is C17H21N5O2S2. The van der Waals surface area contributed by atoms with E-state index in [0.29, 0.717) is 6.42 Å². The third-order valence-electron chi connectivity index (χ3n) is 4.55. The molecule has 1 fully saturated rings. The van der Waals surface area contributed by atoms with Gasteiger partial charge >= 0.3 is 0 Å². The molecule has 7 nitrogen and oxygen atoms in total. The second-order valence-corrected chi connectivity index (χ2v) is 9.34. The van der Waals surface area contributed by atoms with E-state index < -0.39 is 10.0 Å². The molecule has 3 N–H and O–H groups in total. The number of hydrogen-bond acceptors (Lipinski definition) is 6. The van der Waals surface area contributed by atoms with Crippen LogP contribution in [0, 0.1) is 0 Å². The van der Waals surface area contributed by atoms with E-state index in [0.717, 1.165) is 40.1 Å². The molecular weight excluding hydrogens is 370 g/mol. The number of rotatable bonds is 7. The van der Waals surface area contributed by atoms with Gasteiger partial charge < -0.3 is 10.3 Å². The summed E-state index contributed by atoms with van der Waals surface area (Å²) >= 11 is 1.57. The van der Waals surface area contributed by atoms with Crippen LogP contribution < -0.4 is 10.0 Å². The molecule has 1 saturated carbocycles. The normalized spacial score (nSPS) is 20.2. The SMILES string of the molecule is CCCS(=O)(=O)N[C@H]1C[C@@H](Nc2c(-c3nccs3)cnc3[nH]ccc23)C1. The van der Waals surface area contributed by atoms with E-state index in [1.807, 2.05) is 30.8 Å². The molecule has 0 radical (unpaired) electrons. The van der Waals surface area contributed by atoms with Gasteiger partial charge in [-0.2, -0.15) is 0 Å². The fourth-order valence-corrected chi connectivity index (χ4v) is 5.31. The zero-order chi connectivity index (χ0) is 18.1. The first-order valence-electron chi connectivity index (χ1n) is 8.68. The lowest BCUT2D eigenvalue weighted by atomic mass is 9.87. The van der Waals surface area contributed by atoms with Crippen molar-refractivity contribution >= 4 is 38.1 Å². The largest absolute Gasteiger partial charge is 0.381 e. The standard InChI is InChI=1S/C17H21N5O2S2/c1-2-7-26(23,24)22-12-8-11(9-12)21-15-13-3-4-18-16(13)20-10-14(15)17-19-5-6-25-17/h3-6,10-12,22H,2,7-9H2,1H3,(H2,18,20,21)/t11-,12+. The van der Waals surface area contributed by atoms with Crippen LogP contribution in [0.1, 0.15) is 26.2 Å². The monoisotopic (exact) mass is 391 g/mol. The van der Waals surface area contributed by atoms with E-state index in [-0.39, 0.29) is 17.8 Å². The highest BCUT2D eigenvalue weighted by Crippen LogP contribution is 2.37. The minimum absolute atomic E-state index is 0.0101. The van der Waals surface area contributed by atoms with Crippen LogP contribution in [-0.2, 0) is 10.0 Å². The van der Waals surface area contributed by atoms with Crippen molar-refractivity contribution in [1.82, 2.24) is 19.7 Å². The Morgan fingerprint density at radius 2 is 2.15 bits per heavy atom. The number of sulfonamides is 1. The molecule has 0 saturated heterocycles. The van der Waals surface area contributed by atoms with Gasteiger partial charge in [0.25, 0.3) is 0 Å². The number of nitrogens with zero attached hydrogens (tertiary/aromatic N) is 2. The molecule has 1 aliphatic rings. The highest BCUT2D eigenvalue weighted by Gasteiger charge is 2.32. The maximum absolute atomic E-state index is 11.9. The second-order valence-electron chi connectivity index (χ2n) is 6.57. The zero-order valence-corrected chi connectivity index (χ0v) is 16.0. The van der Waals surface area contributed by atoms with Gasteiger partial charge in [0.15, 0.2) is 0 Å². The van der Waals surface area contributed by atoms with Gasteiger partial charge in [-0.05, 0) is 25.3 Å². The first kappa shape index (κ1) is 17.4. The maximum Gasteiger partial charge on any atom is 0.211 e. The number of anilines is 1. The minimum Gasteiger partial charge on any atom is -0.381 e. The predicted molar refractivity (Wildman–Crippen MR) is 105 cm³/mol. The van der Waals surface area contributed by atoms with Crippen molar-refractivity contribution in [2.75, 3.05) is 11.1 Å². The number of fused-ring (bicyclic) bond motifs is 1. The van der Waals surface area contributed by atoms with Gasteiger partial charge in [0.2, 0.25) is 10.0 Å². The lowest BCUT2D eigenvalue weighted by molar-refractivity contribution is 0.346. The molecule has 1 aliphatic carbocycles. The van der Waals surface area contributed by atoms with Crippen molar-refractivity contribution in [3.63, 3.8) is 0 Å². The van der Waals surface area contributed by atoms with E-state index in [9.17, 15) is 8.42 Å². The average molecular weight is 392 g/mol. The summed E-state index contributed by atoms with van der Waals surface area (Å²) in [7, 11) is -3.16. The molecule has 3 heterocycles. The van der Waals surface area contributed by atoms with Crippen LogP contribution in [0.4, 0.5) is 5.69 Å². The Balaban J connectivity index is 1.52. The number of nitrogens with one attached hydrogen (secondary N) is 3. The number of thiazole rings is 1. The molecule has 0 aliphatic heterocycles. The first-order valence-corrected chi connectivity index (χ1v) is 11.2. The maximum atomic E-state index is 11.9. The molecule has 0 unspecified atom stereocenters. The van der Waals surface area contributed by atoms with E-state index in [1.54, 1.807) is 17.5 Å². The minimum atomic E-state index is -3.16. The number of aromatic nitrogens is 3. The van der Waals surface area contributed by atoms with Crippen LogP contribution >= 0.6 is 11.3 Å². The number of aromatic amines is 1. The molecule has 0 bridgehead atoms. The third-order valence-corrected chi connectivity index (χ3v) is 7.00. The molecule has 0 amide bonds. The van der Waals surface area contributed by atoms with Crippen molar-refractivity contribution < 1.29 is 8.42 Å². The summed E-state index contributed by atoms with van der Waals surface area (Å²) in [5, 5.41) is 7.47. The summed E-state index contributed by atoms with van der Waals surface area (Å²) < 4.78 is 26.6. The lowest BCUT2D eigenvalue weighted by Gasteiger charge is -2.37. The first-order chi connectivity index (χ1) is 12.6. The third kappa shape index (κ3) is 3.46.